The number of hydrogen-bond donors (Lipinski definition) is 1. The minimum absolute atomic E-state index is 0. The van der Waals surface area contributed by atoms with Gasteiger partial charge in [0.15, 0.2) is 0 Å². The number of nitrogens with two attached hydrogens (primary N) is 1. The van der Waals surface area contributed by atoms with Crippen molar-refractivity contribution in [3.8, 4) is 5.75 Å². The highest BCUT2D eigenvalue weighted by Crippen LogP contribution is 2.41. The van der Waals surface area contributed by atoms with Crippen LogP contribution in [0.4, 0.5) is 13.2 Å². The Morgan fingerprint density at radius 3 is 2.62 bits per heavy atom. The van der Waals surface area contributed by atoms with Gasteiger partial charge in [0, 0.05) is 18.0 Å². The summed E-state index contributed by atoms with van der Waals surface area (Å²) in [6.07, 6.45) is -3.84. The van der Waals surface area contributed by atoms with Gasteiger partial charge in [-0.2, -0.15) is 13.2 Å². The lowest BCUT2D eigenvalue weighted by molar-refractivity contribution is -0.139. The topological polar surface area (TPSA) is 35.2 Å². The van der Waals surface area contributed by atoms with Gasteiger partial charge < -0.3 is 10.5 Å². The molecule has 0 radical (unpaired) electrons. The molecule has 1 aliphatic rings. The first-order valence-corrected chi connectivity index (χ1v) is 4.58. The van der Waals surface area contributed by atoms with Gasteiger partial charge in [0.05, 0.1) is 12.2 Å². The zero-order valence-electron chi connectivity index (χ0n) is 8.25. The van der Waals surface area contributed by atoms with Crippen molar-refractivity contribution >= 4 is 12.4 Å². The molecule has 1 aromatic carbocycles. The minimum atomic E-state index is -4.39. The second kappa shape index (κ2) is 4.51. The van der Waals surface area contributed by atoms with Gasteiger partial charge in [-0.25, -0.2) is 0 Å². The van der Waals surface area contributed by atoms with E-state index in [0.29, 0.717) is 12.0 Å². The second-order valence-corrected chi connectivity index (χ2v) is 3.47. The van der Waals surface area contributed by atoms with Crippen LogP contribution in [0.1, 0.15) is 23.6 Å². The molecule has 2 N–H and O–H groups in total. The maximum Gasteiger partial charge on any atom is 0.419 e. The molecule has 0 fully saturated rings. The maximum absolute atomic E-state index is 12.6. The van der Waals surface area contributed by atoms with Gasteiger partial charge in [-0.1, -0.05) is 12.1 Å². The van der Waals surface area contributed by atoms with Crippen LogP contribution < -0.4 is 10.5 Å². The van der Waals surface area contributed by atoms with E-state index in [0.717, 1.165) is 6.07 Å². The summed E-state index contributed by atoms with van der Waals surface area (Å²) in [5, 5.41) is 0. The van der Waals surface area contributed by atoms with Gasteiger partial charge >= 0.3 is 6.18 Å². The summed E-state index contributed by atoms with van der Waals surface area (Å²) in [7, 11) is 0. The Bertz CT molecular complexity index is 381. The second-order valence-electron chi connectivity index (χ2n) is 3.47. The predicted molar refractivity (Wildman–Crippen MR) is 55.7 cm³/mol. The molecule has 0 unspecified atom stereocenters. The van der Waals surface area contributed by atoms with E-state index in [-0.39, 0.29) is 30.8 Å². The summed E-state index contributed by atoms with van der Waals surface area (Å²) in [6, 6.07) is 3.58. The molecule has 1 aliphatic heterocycles. The minimum Gasteiger partial charge on any atom is -0.493 e. The Hall–Kier alpha value is -0.940. The average molecular weight is 254 g/mol. The number of hydrogen-bond acceptors (Lipinski definition) is 2. The third-order valence-electron chi connectivity index (χ3n) is 2.43. The molecule has 1 atom stereocenters. The van der Waals surface area contributed by atoms with Crippen molar-refractivity contribution in [3.05, 3.63) is 29.3 Å². The molecule has 2 nitrogen and oxygen atoms in total. The quantitative estimate of drug-likeness (QED) is 0.772. The fourth-order valence-corrected chi connectivity index (χ4v) is 1.67. The van der Waals surface area contributed by atoms with E-state index in [2.05, 4.69) is 0 Å². The number of fused-ring (bicyclic) bond motifs is 1. The number of para-hydroxylation sites is 1. The molecular weight excluding hydrogens is 243 g/mol. The molecule has 6 heteroatoms. The lowest BCUT2D eigenvalue weighted by Crippen LogP contribution is -2.23. The van der Waals surface area contributed by atoms with Crippen LogP contribution >= 0.6 is 12.4 Å². The molecule has 2 rings (SSSR count). The smallest absolute Gasteiger partial charge is 0.419 e. The summed E-state index contributed by atoms with van der Waals surface area (Å²) in [4.78, 5) is 0. The van der Waals surface area contributed by atoms with Crippen LogP contribution in [0.25, 0.3) is 0 Å². The third kappa shape index (κ3) is 2.25. The van der Waals surface area contributed by atoms with E-state index in [1.54, 1.807) is 6.07 Å². The Morgan fingerprint density at radius 1 is 1.31 bits per heavy atom. The van der Waals surface area contributed by atoms with Crippen LogP contribution in [0.2, 0.25) is 0 Å². The number of rotatable bonds is 0. The molecule has 0 bridgehead atoms. The normalized spacial score (nSPS) is 19.4. The lowest BCUT2D eigenvalue weighted by Gasteiger charge is -2.25. The van der Waals surface area contributed by atoms with Gasteiger partial charge in [0.25, 0.3) is 0 Å². The number of alkyl halides is 3. The number of ether oxygens (including phenoxy) is 1. The van der Waals surface area contributed by atoms with E-state index in [1.807, 2.05) is 0 Å². The Labute approximate surface area is 97.0 Å². The molecule has 1 aromatic rings. The van der Waals surface area contributed by atoms with Crippen LogP contribution in [-0.4, -0.2) is 6.61 Å². The van der Waals surface area contributed by atoms with Crippen LogP contribution in [0.5, 0.6) is 5.75 Å². The van der Waals surface area contributed by atoms with E-state index in [4.69, 9.17) is 10.5 Å². The van der Waals surface area contributed by atoms with Crippen molar-refractivity contribution in [3.63, 3.8) is 0 Å². The first-order valence-electron chi connectivity index (χ1n) is 4.58. The summed E-state index contributed by atoms with van der Waals surface area (Å²) in [5.41, 5.74) is 5.41. The van der Waals surface area contributed by atoms with E-state index in [9.17, 15) is 13.2 Å². The van der Waals surface area contributed by atoms with E-state index < -0.39 is 11.7 Å². The van der Waals surface area contributed by atoms with Crippen LogP contribution in [0, 0.1) is 0 Å². The highest BCUT2D eigenvalue weighted by molar-refractivity contribution is 5.85. The van der Waals surface area contributed by atoms with Gasteiger partial charge in [-0.3, -0.25) is 0 Å². The number of benzene rings is 1. The summed E-state index contributed by atoms with van der Waals surface area (Å²) >= 11 is 0. The average Bonchev–Trinajstić information content (AvgIpc) is 2.16. The SMILES string of the molecule is Cl.N[C@@H]1CCOc2c1cccc2C(F)(F)F. The molecule has 0 saturated heterocycles. The lowest BCUT2D eigenvalue weighted by atomic mass is 9.98. The molecule has 16 heavy (non-hydrogen) atoms. The molecule has 90 valence electrons. The molecular formula is C10H11ClF3NO. The zero-order valence-corrected chi connectivity index (χ0v) is 9.07. The van der Waals surface area contributed by atoms with Gasteiger partial charge in [-0.05, 0) is 6.07 Å². The molecule has 0 saturated carbocycles. The van der Waals surface area contributed by atoms with Crippen LogP contribution in [-0.2, 0) is 6.18 Å². The highest BCUT2D eigenvalue weighted by Gasteiger charge is 2.36. The summed E-state index contributed by atoms with van der Waals surface area (Å²) in [6.45, 7) is 0.237. The van der Waals surface area contributed by atoms with Gasteiger partial charge in [-0.15, -0.1) is 12.4 Å². The predicted octanol–water partition coefficient (Wildman–Crippen LogP) is 2.91. The fraction of sp³-hybridized carbons (Fsp3) is 0.400. The third-order valence-corrected chi connectivity index (χ3v) is 2.43. The van der Waals surface area contributed by atoms with E-state index >= 15 is 0 Å². The standard InChI is InChI=1S/C10H10F3NO.ClH/c11-10(12,13)7-3-1-2-6-8(14)4-5-15-9(6)7;/h1-3,8H,4-5,14H2;1H/t8-;/m1./s1. The summed E-state index contributed by atoms with van der Waals surface area (Å²) in [5.74, 6) is -0.108. The highest BCUT2D eigenvalue weighted by atomic mass is 35.5. The van der Waals surface area contributed by atoms with Crippen molar-refractivity contribution in [2.24, 2.45) is 5.73 Å². The van der Waals surface area contributed by atoms with Crippen molar-refractivity contribution in [1.29, 1.82) is 0 Å². The molecule has 1 heterocycles. The number of halogens is 4. The monoisotopic (exact) mass is 253 g/mol. The van der Waals surface area contributed by atoms with Crippen molar-refractivity contribution < 1.29 is 17.9 Å². The molecule has 0 spiro atoms. The Morgan fingerprint density at radius 2 is 2.00 bits per heavy atom. The largest absolute Gasteiger partial charge is 0.493 e. The van der Waals surface area contributed by atoms with Crippen molar-refractivity contribution in [2.75, 3.05) is 6.61 Å². The van der Waals surface area contributed by atoms with E-state index in [1.165, 1.54) is 6.07 Å². The maximum atomic E-state index is 12.6. The Kier molecular flexibility index (Phi) is 3.70. The molecule has 0 amide bonds. The van der Waals surface area contributed by atoms with Crippen molar-refractivity contribution in [1.82, 2.24) is 0 Å². The van der Waals surface area contributed by atoms with Gasteiger partial charge in [0.1, 0.15) is 5.75 Å². The summed E-state index contributed by atoms with van der Waals surface area (Å²) < 4.78 is 42.8. The van der Waals surface area contributed by atoms with Crippen molar-refractivity contribution in [2.45, 2.75) is 18.6 Å². The fourth-order valence-electron chi connectivity index (χ4n) is 1.67. The first-order chi connectivity index (χ1) is 7.00. The molecule has 0 aromatic heterocycles. The Balaban J connectivity index is 0.00000128. The molecule has 0 aliphatic carbocycles. The van der Waals surface area contributed by atoms with Crippen LogP contribution in [0.3, 0.4) is 0 Å². The van der Waals surface area contributed by atoms with Gasteiger partial charge in [0.2, 0.25) is 0 Å². The van der Waals surface area contributed by atoms with Crippen LogP contribution in [0.15, 0.2) is 18.2 Å². The zero-order chi connectivity index (χ0) is 11.1. The first kappa shape index (κ1) is 13.1.